The van der Waals surface area contributed by atoms with Crippen LogP contribution in [-0.4, -0.2) is 105 Å². The van der Waals surface area contributed by atoms with Crippen LogP contribution in [0.4, 0.5) is 5.69 Å². The molecule has 0 aromatic heterocycles. The van der Waals surface area contributed by atoms with Gasteiger partial charge in [0.25, 0.3) is 5.91 Å². The van der Waals surface area contributed by atoms with E-state index >= 15 is 0 Å². The van der Waals surface area contributed by atoms with E-state index in [2.05, 4.69) is 22.2 Å². The summed E-state index contributed by atoms with van der Waals surface area (Å²) in [5.74, 6) is -0.491. The molecule has 0 spiro atoms. The Labute approximate surface area is 201 Å². The van der Waals surface area contributed by atoms with Crippen LogP contribution in [0, 0.1) is 5.92 Å². The second kappa shape index (κ2) is 10.4. The van der Waals surface area contributed by atoms with Gasteiger partial charge in [-0.25, -0.2) is 0 Å². The number of carbonyl (C=O) groups excluding carboxylic acids is 3. The Morgan fingerprint density at radius 3 is 2.44 bits per heavy atom. The largest absolute Gasteiger partial charge is 0.377 e. The summed E-state index contributed by atoms with van der Waals surface area (Å²) in [5, 5.41) is 2.93. The van der Waals surface area contributed by atoms with Gasteiger partial charge in [0.05, 0.1) is 6.54 Å². The molecule has 3 heterocycles. The van der Waals surface area contributed by atoms with E-state index in [0.29, 0.717) is 12.0 Å². The van der Waals surface area contributed by atoms with Crippen molar-refractivity contribution in [3.05, 3.63) is 29.8 Å². The summed E-state index contributed by atoms with van der Waals surface area (Å²) in [6.07, 6.45) is -0.318. The Hall–Kier alpha value is -2.49. The Morgan fingerprint density at radius 1 is 1.15 bits per heavy atom. The van der Waals surface area contributed by atoms with Gasteiger partial charge in [-0.1, -0.05) is 13.8 Å². The predicted octanol–water partition coefficient (Wildman–Crippen LogP) is 0.777. The van der Waals surface area contributed by atoms with Gasteiger partial charge in [0, 0.05) is 44.5 Å². The van der Waals surface area contributed by atoms with Crippen LogP contribution in [-0.2, 0) is 19.1 Å². The maximum Gasteiger partial charge on any atom is 0.251 e. The van der Waals surface area contributed by atoms with Gasteiger partial charge >= 0.3 is 0 Å². The number of carbonyl (C=O) groups is 3. The minimum absolute atomic E-state index is 0.0141. The smallest absolute Gasteiger partial charge is 0.251 e. The molecular weight excluding hydrogens is 436 g/mol. The topological polar surface area (TPSA) is 91.4 Å². The molecule has 1 aromatic rings. The number of rotatable bonds is 7. The van der Waals surface area contributed by atoms with Crippen molar-refractivity contribution in [3.8, 4) is 0 Å². The molecule has 9 heteroatoms. The quantitative estimate of drug-likeness (QED) is 0.627. The number of hydrogen-bond donors (Lipinski definition) is 1. The minimum atomic E-state index is -0.727. The van der Waals surface area contributed by atoms with Crippen LogP contribution in [0.2, 0.25) is 0 Å². The van der Waals surface area contributed by atoms with Crippen LogP contribution in [0.5, 0.6) is 0 Å². The van der Waals surface area contributed by atoms with Gasteiger partial charge in [-0.2, -0.15) is 0 Å². The lowest BCUT2D eigenvalue weighted by Gasteiger charge is -2.34. The average Bonchev–Trinajstić information content (AvgIpc) is 3.39. The molecule has 3 aliphatic heterocycles. The summed E-state index contributed by atoms with van der Waals surface area (Å²) >= 11 is 0. The highest BCUT2D eigenvalue weighted by Gasteiger charge is 2.53. The van der Waals surface area contributed by atoms with E-state index in [1.807, 2.05) is 26.0 Å². The number of fused-ring (bicyclic) bond motifs is 1. The van der Waals surface area contributed by atoms with Crippen molar-refractivity contribution in [2.24, 2.45) is 5.92 Å². The first-order valence-electron chi connectivity index (χ1n) is 12.1. The molecule has 1 unspecified atom stereocenters. The normalized spacial score (nSPS) is 26.1. The average molecular weight is 473 g/mol. The molecule has 0 radical (unpaired) electrons. The highest BCUT2D eigenvalue weighted by Crippen LogP contribution is 2.30. The third-order valence-corrected chi connectivity index (χ3v) is 7.03. The molecule has 4 rings (SSSR count). The highest BCUT2D eigenvalue weighted by molar-refractivity contribution is 5.99. The number of ether oxygens (including phenoxy) is 2. The monoisotopic (exact) mass is 472 g/mol. The van der Waals surface area contributed by atoms with Crippen molar-refractivity contribution in [1.29, 1.82) is 0 Å². The van der Waals surface area contributed by atoms with Gasteiger partial charge < -0.3 is 29.5 Å². The van der Waals surface area contributed by atoms with E-state index in [1.54, 1.807) is 19.2 Å². The molecule has 34 heavy (non-hydrogen) atoms. The number of nitrogens with one attached hydrogen (secondary N) is 1. The molecule has 186 valence electrons. The molecule has 3 saturated heterocycles. The first-order chi connectivity index (χ1) is 16.3. The number of hydrogen-bond acceptors (Lipinski definition) is 7. The van der Waals surface area contributed by atoms with E-state index < -0.39 is 18.2 Å². The molecule has 4 atom stereocenters. The number of nitrogens with zero attached hydrogens (tertiary/aromatic N) is 3. The van der Waals surface area contributed by atoms with E-state index in [-0.39, 0.29) is 42.8 Å². The van der Waals surface area contributed by atoms with Crippen molar-refractivity contribution in [2.45, 2.75) is 44.6 Å². The first kappa shape index (κ1) is 24.6. The second-order valence-electron chi connectivity index (χ2n) is 9.94. The van der Waals surface area contributed by atoms with Crippen LogP contribution in [0.15, 0.2) is 24.3 Å². The van der Waals surface area contributed by atoms with Crippen LogP contribution in [0.1, 0.15) is 30.6 Å². The highest BCUT2D eigenvalue weighted by atomic mass is 16.5. The molecule has 0 saturated carbocycles. The summed E-state index contributed by atoms with van der Waals surface area (Å²) in [6, 6.07) is 6.16. The van der Waals surface area contributed by atoms with Crippen LogP contribution >= 0.6 is 0 Å². The van der Waals surface area contributed by atoms with Crippen molar-refractivity contribution < 1.29 is 23.9 Å². The zero-order valence-electron chi connectivity index (χ0n) is 20.5. The maximum atomic E-state index is 13.5. The fourth-order valence-electron chi connectivity index (χ4n) is 5.07. The zero-order valence-corrected chi connectivity index (χ0v) is 20.5. The molecule has 1 aromatic carbocycles. The SMILES string of the molecule is CO[C@@H]1CN(C(=O)C(CC(C)C)NC(=O)c2ccc(N3CCN(C)CC3)cc2)[C@@H]2C(=O)CO[C@@H]21. The molecule has 0 bridgehead atoms. The number of benzene rings is 1. The number of likely N-dealkylation sites (N-methyl/N-ethyl adjacent to an activating group) is 1. The Balaban J connectivity index is 1.45. The number of anilines is 1. The van der Waals surface area contributed by atoms with Gasteiger partial charge in [-0.05, 0) is 43.7 Å². The van der Waals surface area contributed by atoms with Crippen LogP contribution in [0.25, 0.3) is 0 Å². The molecule has 0 aliphatic carbocycles. The van der Waals surface area contributed by atoms with Crippen molar-refractivity contribution >= 4 is 23.3 Å². The second-order valence-corrected chi connectivity index (χ2v) is 9.94. The summed E-state index contributed by atoms with van der Waals surface area (Å²) in [5.41, 5.74) is 1.60. The van der Waals surface area contributed by atoms with Crippen LogP contribution in [0.3, 0.4) is 0 Å². The fraction of sp³-hybridized carbons (Fsp3) is 0.640. The van der Waals surface area contributed by atoms with E-state index in [1.165, 1.54) is 4.90 Å². The molecule has 9 nitrogen and oxygen atoms in total. The van der Waals surface area contributed by atoms with E-state index in [9.17, 15) is 14.4 Å². The molecule has 1 N–H and O–H groups in total. The molecule has 2 amide bonds. The van der Waals surface area contributed by atoms with Gasteiger partial charge in [0.2, 0.25) is 5.91 Å². The Bertz CT molecular complexity index is 897. The molecule has 3 aliphatic rings. The Morgan fingerprint density at radius 2 is 1.82 bits per heavy atom. The third kappa shape index (κ3) is 5.11. The number of likely N-dealkylation sites (tertiary alicyclic amines) is 1. The minimum Gasteiger partial charge on any atom is -0.377 e. The summed E-state index contributed by atoms with van der Waals surface area (Å²) in [6.45, 7) is 8.21. The van der Waals surface area contributed by atoms with Gasteiger partial charge in [-0.15, -0.1) is 0 Å². The van der Waals surface area contributed by atoms with Gasteiger partial charge in [0.15, 0.2) is 5.78 Å². The van der Waals surface area contributed by atoms with E-state index in [4.69, 9.17) is 9.47 Å². The third-order valence-electron chi connectivity index (χ3n) is 7.03. The number of amides is 2. The van der Waals surface area contributed by atoms with Gasteiger partial charge in [-0.3, -0.25) is 14.4 Å². The standard InChI is InChI=1S/C25H36N4O5/c1-16(2)13-19(25(32)29-14-21(33-4)23-22(29)20(30)15-34-23)26-24(31)17-5-7-18(8-6-17)28-11-9-27(3)10-12-28/h5-8,16,19,21-23H,9-15H2,1-4H3,(H,26,31)/t19?,21-,22-,23-/m1/s1. The lowest BCUT2D eigenvalue weighted by Crippen LogP contribution is -2.52. The first-order valence-corrected chi connectivity index (χ1v) is 12.1. The lowest BCUT2D eigenvalue weighted by molar-refractivity contribution is -0.138. The number of methoxy groups -OCH3 is 1. The van der Waals surface area contributed by atoms with Crippen molar-refractivity contribution in [2.75, 3.05) is 58.4 Å². The zero-order chi connectivity index (χ0) is 24.4. The maximum absolute atomic E-state index is 13.5. The number of piperazine rings is 1. The molecule has 3 fully saturated rings. The summed E-state index contributed by atoms with van der Waals surface area (Å²) in [4.78, 5) is 45.2. The van der Waals surface area contributed by atoms with Crippen molar-refractivity contribution in [3.63, 3.8) is 0 Å². The van der Waals surface area contributed by atoms with Gasteiger partial charge in [0.1, 0.15) is 30.9 Å². The fourth-order valence-corrected chi connectivity index (χ4v) is 5.07. The van der Waals surface area contributed by atoms with E-state index in [0.717, 1.165) is 31.9 Å². The Kier molecular flexibility index (Phi) is 7.54. The number of Topliss-reactive ketones (excluding diaryl/α,β-unsaturated/α-hetero) is 1. The number of ketones is 1. The summed E-state index contributed by atoms with van der Waals surface area (Å²) in [7, 11) is 3.67. The predicted molar refractivity (Wildman–Crippen MR) is 128 cm³/mol. The summed E-state index contributed by atoms with van der Waals surface area (Å²) < 4.78 is 11.1. The van der Waals surface area contributed by atoms with Crippen molar-refractivity contribution in [1.82, 2.24) is 15.1 Å². The van der Waals surface area contributed by atoms with Crippen LogP contribution < -0.4 is 10.2 Å². The lowest BCUT2D eigenvalue weighted by atomic mass is 10.0. The molecular formula is C25H36N4O5.